The van der Waals surface area contributed by atoms with Crippen LogP contribution in [0.1, 0.15) is 10.6 Å². The maximum atomic E-state index is 14.5. The van der Waals surface area contributed by atoms with Crippen LogP contribution in [-0.2, 0) is 4.79 Å². The number of halogens is 1. The Balaban J connectivity index is 1.28. The fourth-order valence-corrected chi connectivity index (χ4v) is 4.78. The Morgan fingerprint density at radius 3 is 2.31 bits per heavy atom. The van der Waals surface area contributed by atoms with Crippen LogP contribution in [0, 0.1) is 5.82 Å². The summed E-state index contributed by atoms with van der Waals surface area (Å²) >= 11 is 1.25. The van der Waals surface area contributed by atoms with Gasteiger partial charge in [0.25, 0.3) is 5.91 Å². The summed E-state index contributed by atoms with van der Waals surface area (Å²) in [7, 11) is 0. The van der Waals surface area contributed by atoms with Gasteiger partial charge in [-0.05, 0) is 36.4 Å². The van der Waals surface area contributed by atoms with Crippen LogP contribution >= 0.6 is 11.8 Å². The molecule has 0 atom stereocenters. The van der Waals surface area contributed by atoms with Gasteiger partial charge in [-0.15, -0.1) is 10.2 Å². The predicted octanol–water partition coefficient (Wildman–Crippen LogP) is 3.74. The molecule has 5 rings (SSSR count). The molecular formula is C25H22FN5O3S. The minimum atomic E-state index is -0.397. The summed E-state index contributed by atoms with van der Waals surface area (Å²) in [6.07, 6.45) is 1.47. The van der Waals surface area contributed by atoms with E-state index < -0.39 is 5.82 Å². The van der Waals surface area contributed by atoms with Gasteiger partial charge in [-0.2, -0.15) is 0 Å². The second kappa shape index (κ2) is 10.1. The number of amides is 2. The summed E-state index contributed by atoms with van der Waals surface area (Å²) in [6, 6.07) is 19.1. The van der Waals surface area contributed by atoms with Crippen molar-refractivity contribution >= 4 is 23.6 Å². The molecule has 1 aliphatic heterocycles. The number of nitrogens with zero attached hydrogens (tertiary/aromatic N) is 5. The molecule has 0 spiro atoms. The number of aromatic nitrogens is 3. The Kier molecular flexibility index (Phi) is 6.62. The highest BCUT2D eigenvalue weighted by Crippen LogP contribution is 2.29. The highest BCUT2D eigenvalue weighted by atomic mass is 32.2. The smallest absolute Gasteiger partial charge is 0.289 e. The van der Waals surface area contributed by atoms with Gasteiger partial charge < -0.3 is 14.2 Å². The van der Waals surface area contributed by atoms with E-state index in [9.17, 15) is 14.0 Å². The quantitative estimate of drug-likeness (QED) is 0.382. The zero-order valence-corrected chi connectivity index (χ0v) is 19.5. The van der Waals surface area contributed by atoms with E-state index in [1.165, 1.54) is 24.1 Å². The fourth-order valence-electron chi connectivity index (χ4n) is 3.92. The number of benzene rings is 2. The lowest BCUT2D eigenvalue weighted by Crippen LogP contribution is -2.51. The van der Waals surface area contributed by atoms with Crippen molar-refractivity contribution in [2.24, 2.45) is 0 Å². The summed E-state index contributed by atoms with van der Waals surface area (Å²) < 4.78 is 21.5. The molecule has 10 heteroatoms. The van der Waals surface area contributed by atoms with Crippen LogP contribution in [0.4, 0.5) is 4.39 Å². The zero-order valence-electron chi connectivity index (χ0n) is 18.7. The molecule has 1 aliphatic rings. The van der Waals surface area contributed by atoms with E-state index in [0.717, 1.165) is 5.69 Å². The predicted molar refractivity (Wildman–Crippen MR) is 129 cm³/mol. The third-order valence-corrected chi connectivity index (χ3v) is 6.65. The molecular weight excluding hydrogens is 469 g/mol. The topological polar surface area (TPSA) is 84.5 Å². The van der Waals surface area contributed by atoms with Crippen LogP contribution in [0.25, 0.3) is 17.1 Å². The van der Waals surface area contributed by atoms with Crippen molar-refractivity contribution in [3.8, 4) is 17.1 Å². The van der Waals surface area contributed by atoms with Crippen molar-refractivity contribution in [2.45, 2.75) is 5.16 Å². The first-order chi connectivity index (χ1) is 17.1. The van der Waals surface area contributed by atoms with Gasteiger partial charge in [-0.3, -0.25) is 14.2 Å². The Morgan fingerprint density at radius 2 is 1.60 bits per heavy atom. The first-order valence-electron chi connectivity index (χ1n) is 11.1. The highest BCUT2D eigenvalue weighted by molar-refractivity contribution is 7.99. The molecule has 8 nitrogen and oxygen atoms in total. The Bertz CT molecular complexity index is 1320. The number of hydrogen-bond donors (Lipinski definition) is 0. The number of rotatable bonds is 6. The van der Waals surface area contributed by atoms with Crippen molar-refractivity contribution in [1.29, 1.82) is 0 Å². The highest BCUT2D eigenvalue weighted by Gasteiger charge is 2.27. The van der Waals surface area contributed by atoms with Crippen LogP contribution in [0.15, 0.2) is 82.6 Å². The van der Waals surface area contributed by atoms with Gasteiger partial charge in [0.1, 0.15) is 5.82 Å². The minimum absolute atomic E-state index is 0.0600. The van der Waals surface area contributed by atoms with Gasteiger partial charge in [-0.25, -0.2) is 4.39 Å². The van der Waals surface area contributed by atoms with Crippen molar-refractivity contribution in [3.05, 3.63) is 84.6 Å². The number of carbonyl (C=O) groups is 2. The van der Waals surface area contributed by atoms with Gasteiger partial charge in [-0.1, -0.05) is 42.1 Å². The van der Waals surface area contributed by atoms with Crippen molar-refractivity contribution in [3.63, 3.8) is 0 Å². The average molecular weight is 492 g/mol. The molecule has 0 N–H and O–H groups in total. The van der Waals surface area contributed by atoms with E-state index in [1.807, 2.05) is 30.3 Å². The second-order valence-electron chi connectivity index (χ2n) is 7.90. The van der Waals surface area contributed by atoms with Crippen LogP contribution in [0.3, 0.4) is 0 Å². The van der Waals surface area contributed by atoms with Crippen LogP contribution in [0.2, 0.25) is 0 Å². The monoisotopic (exact) mass is 491 g/mol. The summed E-state index contributed by atoms with van der Waals surface area (Å²) in [5, 5.41) is 9.00. The Hall–Kier alpha value is -3.92. The molecule has 1 saturated heterocycles. The molecule has 0 unspecified atom stereocenters. The molecule has 0 saturated carbocycles. The van der Waals surface area contributed by atoms with Crippen LogP contribution < -0.4 is 0 Å². The third kappa shape index (κ3) is 4.83. The Labute approximate surface area is 205 Å². The molecule has 0 aliphatic carbocycles. The lowest BCUT2D eigenvalue weighted by molar-refractivity contribution is -0.129. The normalized spacial score (nSPS) is 13.7. The fraction of sp³-hybridized carbons (Fsp3) is 0.200. The van der Waals surface area contributed by atoms with Gasteiger partial charge in [0, 0.05) is 31.9 Å². The molecule has 4 aromatic rings. The van der Waals surface area contributed by atoms with Crippen LogP contribution in [-0.4, -0.2) is 68.3 Å². The molecule has 178 valence electrons. The molecule has 35 heavy (non-hydrogen) atoms. The summed E-state index contributed by atoms with van der Waals surface area (Å²) in [4.78, 5) is 28.8. The molecule has 2 amide bonds. The molecule has 0 radical (unpaired) electrons. The number of piperazine rings is 1. The van der Waals surface area contributed by atoms with Gasteiger partial charge in [0.05, 0.1) is 17.6 Å². The van der Waals surface area contributed by atoms with E-state index in [4.69, 9.17) is 4.42 Å². The molecule has 0 bridgehead atoms. The molecule has 2 aromatic heterocycles. The first kappa shape index (κ1) is 22.9. The van der Waals surface area contributed by atoms with E-state index in [1.54, 1.807) is 44.7 Å². The lowest BCUT2D eigenvalue weighted by Gasteiger charge is -2.34. The van der Waals surface area contributed by atoms with Crippen LogP contribution in [0.5, 0.6) is 0 Å². The average Bonchev–Trinajstić information content (AvgIpc) is 3.58. The first-order valence-corrected chi connectivity index (χ1v) is 12.1. The zero-order chi connectivity index (χ0) is 24.2. The summed E-state index contributed by atoms with van der Waals surface area (Å²) in [5.41, 5.74) is 1.11. The number of carbonyl (C=O) groups excluding carboxylic acids is 2. The summed E-state index contributed by atoms with van der Waals surface area (Å²) in [6.45, 7) is 1.76. The number of thioether (sulfide) groups is 1. The lowest BCUT2D eigenvalue weighted by atomic mass is 10.2. The van der Waals surface area contributed by atoms with E-state index in [2.05, 4.69) is 10.2 Å². The van der Waals surface area contributed by atoms with Gasteiger partial charge >= 0.3 is 0 Å². The van der Waals surface area contributed by atoms with Gasteiger partial charge in [0.2, 0.25) is 5.91 Å². The summed E-state index contributed by atoms with van der Waals surface area (Å²) in [5.74, 6) is 0.185. The van der Waals surface area contributed by atoms with E-state index in [-0.39, 0.29) is 17.6 Å². The third-order valence-electron chi connectivity index (χ3n) is 5.74. The molecule has 3 heterocycles. The maximum Gasteiger partial charge on any atom is 0.289 e. The van der Waals surface area contributed by atoms with E-state index in [0.29, 0.717) is 48.5 Å². The van der Waals surface area contributed by atoms with Crippen molar-refractivity contribution in [2.75, 3.05) is 31.9 Å². The Morgan fingerprint density at radius 1 is 0.886 bits per heavy atom. The SMILES string of the molecule is O=C(CSc1nnc(-c2ccccc2F)n1-c1ccccc1)N1CCN(C(=O)c2ccco2)CC1. The van der Waals surface area contributed by atoms with E-state index >= 15 is 0 Å². The van der Waals surface area contributed by atoms with Gasteiger partial charge in [0.15, 0.2) is 16.7 Å². The maximum absolute atomic E-state index is 14.5. The van der Waals surface area contributed by atoms with Crippen molar-refractivity contribution < 1.29 is 18.4 Å². The number of para-hydroxylation sites is 1. The molecule has 2 aromatic carbocycles. The largest absolute Gasteiger partial charge is 0.459 e. The number of furan rings is 1. The number of hydrogen-bond acceptors (Lipinski definition) is 6. The standard InChI is InChI=1S/C25H22FN5O3S/c26-20-10-5-4-9-19(20)23-27-28-25(31(23)18-7-2-1-3-8-18)35-17-22(32)29-12-14-30(15-13-29)24(33)21-11-6-16-34-21/h1-11,16H,12-15,17H2. The minimum Gasteiger partial charge on any atom is -0.459 e. The van der Waals surface area contributed by atoms with Crippen molar-refractivity contribution in [1.82, 2.24) is 24.6 Å². The second-order valence-corrected chi connectivity index (χ2v) is 8.84. The molecule has 1 fully saturated rings.